The first kappa shape index (κ1) is 18.8. The number of aliphatic carboxylic acids is 1. The van der Waals surface area contributed by atoms with Gasteiger partial charge in [-0.25, -0.2) is 0 Å². The Morgan fingerprint density at radius 3 is 2.38 bits per heavy atom. The van der Waals surface area contributed by atoms with Gasteiger partial charge in [0.25, 0.3) is 11.4 Å². The van der Waals surface area contributed by atoms with Gasteiger partial charge >= 0.3 is 11.7 Å². The standard InChI is InChI=1S/C21H17ClN2O5.C13H20N2O2.C6H6N2O2/c22-17-4-2-1-3-16(17)14-6-8-15(9-7-14)29-20-10-5-13(11-18(23)21(25)26)12-19(20)24(27)28;1-3-10(2)6-4-7-11-12(14)8-5-9-13(11)15(16)17;7-5-2-1-3-6(4-5)8(9)10/h1-10,12,18H,11,23H2,(H,25,26);5,8-10H,3-4,6-7,14H2,1-2H3;1-4H,7H2/t18-;;/m0../s1/i4D,5+1,6D,7D,8D,9D,10+1,11+1,12+1,13+1,18+1,19+1,20+1,21+1;1D3,2D,3D2,4D2,5D,6D2,7D2,8D,9D,10D;1D,2D,3D,4D/hD2. The molecule has 0 radical (unpaired) electrons. The molecule has 1 unspecified atom stereocenters. The molecule has 15 nitrogen and oxygen atoms in total. The molecule has 0 bridgehead atoms. The first-order valence-corrected chi connectivity index (χ1v) is 15.2. The number of nitrogens with two attached hydrogens (primary N) is 3. The van der Waals surface area contributed by atoms with Gasteiger partial charge in [-0.3, -0.25) is 35.1 Å². The van der Waals surface area contributed by atoms with Crippen LogP contribution < -0.4 is 21.9 Å². The molecule has 2 atom stereocenters. The first-order valence-electron chi connectivity index (χ1n) is 28.4. The van der Waals surface area contributed by atoms with Crippen LogP contribution in [0.4, 0.5) is 28.4 Å². The van der Waals surface area contributed by atoms with Gasteiger partial charge in [0.2, 0.25) is 5.75 Å². The van der Waals surface area contributed by atoms with Gasteiger partial charge in [0, 0.05) is 64.0 Å². The third kappa shape index (κ3) is 13.4. The number of nitro benzene ring substituents is 3. The number of anilines is 2. The molecule has 0 aliphatic rings. The lowest BCUT2D eigenvalue weighted by Crippen LogP contribution is -2.32. The summed E-state index contributed by atoms with van der Waals surface area (Å²) in [7, 11) is 0. The van der Waals surface area contributed by atoms with Crippen molar-refractivity contribution in [1.82, 2.24) is 0 Å². The molecule has 5 rings (SSSR count). The lowest BCUT2D eigenvalue weighted by molar-refractivity contribution is -0.385. The molecule has 0 fully saturated rings. The van der Waals surface area contributed by atoms with Gasteiger partial charge in [0.1, 0.15) is 11.8 Å². The number of ether oxygens (including phenoxy) is 1. The molecule has 16 heteroatoms. The van der Waals surface area contributed by atoms with E-state index in [-0.39, 0.29) is 39.9 Å². The summed E-state index contributed by atoms with van der Waals surface area (Å²) in [6.07, 6.45) is -16.9. The molecular formula is C40H43ClN6O9. The number of carbonyl (C=O) groups is 1. The number of hydrogen-bond donors (Lipinski definition) is 4. The Morgan fingerprint density at radius 2 is 1.73 bits per heavy atom. The lowest BCUT2D eigenvalue weighted by Gasteiger charge is -2.10. The van der Waals surface area contributed by atoms with E-state index in [0.29, 0.717) is 0 Å². The number of rotatable bonds is 15. The molecule has 0 saturated heterocycles. The average Bonchev–Trinajstić information content (AvgIpc) is 1.39. The highest BCUT2D eigenvalue weighted by Crippen LogP contribution is 2.35. The number of hydrogen-bond acceptors (Lipinski definition) is 11. The van der Waals surface area contributed by atoms with Crippen LogP contribution in [0.15, 0.2) is 109 Å². The SMILES string of the molecule is [2H]CC([2H])(C([2H])([2H])C([2H])([2H])[2H])C([2H])([2H])C([2H])([2H])C([2H])([2H])c1c(N([2H])[2H])c([2H])c([2H])c([2H])c1[N+](=O)[O-].[2H]c1c([2H])c(N)c([2H])c([N+](=O)[O-])c1[2H].[2H]c1cccc(-c2c([2H])c([2H])c(O[13c]3[13cH][13cH][13c]([13CH2][13C@H](N)[13C](=O)O)[13cH][13c]3[N+](=O)[O-])c([2H])c2[2H])c1Cl. The summed E-state index contributed by atoms with van der Waals surface area (Å²) < 4.78 is 216. The van der Waals surface area contributed by atoms with Crippen LogP contribution in [-0.4, -0.2) is 31.9 Å². The minimum Gasteiger partial charge on any atom is -0.480 e. The molecule has 0 spiro atoms. The fraction of sp³-hybridized carbons (Fsp3) is 0.225. The third-order valence-corrected chi connectivity index (χ3v) is 6.58. The van der Waals surface area contributed by atoms with E-state index in [9.17, 15) is 35.1 Å². The molecule has 7 N–H and O–H groups in total. The topological polar surface area (TPSA) is 254 Å². The summed E-state index contributed by atoms with van der Waals surface area (Å²) in [6.45, 7) is -5.56. The lowest BCUT2D eigenvalue weighted by atomic mass is 9.98. The van der Waals surface area contributed by atoms with Crippen molar-refractivity contribution in [2.45, 2.75) is 51.7 Å². The molecule has 5 aromatic rings. The summed E-state index contributed by atoms with van der Waals surface area (Å²) >= 11 is 6.14. The van der Waals surface area contributed by atoms with Crippen LogP contribution in [0.5, 0.6) is 11.5 Å². The monoisotopic (exact) mass is 822 g/mol. The van der Waals surface area contributed by atoms with Crippen molar-refractivity contribution >= 4 is 46.0 Å². The van der Waals surface area contributed by atoms with Gasteiger partial charge in [0.05, 0.1) is 36.8 Å². The summed E-state index contributed by atoms with van der Waals surface area (Å²) in [4.78, 5) is 41.4. The summed E-state index contributed by atoms with van der Waals surface area (Å²) in [5.74, 6) is -6.04. The molecule has 0 saturated carbocycles. The highest BCUT2D eigenvalue weighted by molar-refractivity contribution is 6.33. The Hall–Kier alpha value is -6.58. The fourth-order valence-electron chi connectivity index (χ4n) is 3.75. The van der Waals surface area contributed by atoms with Crippen molar-refractivity contribution in [2.24, 2.45) is 11.6 Å². The second kappa shape index (κ2) is 21.3. The van der Waals surface area contributed by atoms with Crippen molar-refractivity contribution in [3.63, 3.8) is 0 Å². The maximum atomic E-state index is 11.7. The van der Waals surface area contributed by atoms with E-state index in [1.54, 1.807) is 0 Å². The molecule has 0 amide bonds. The van der Waals surface area contributed by atoms with Crippen LogP contribution in [0.1, 0.15) is 78.3 Å². The zero-order chi connectivity index (χ0) is 64.7. The Bertz CT molecular complexity index is 3360. The molecule has 56 heavy (non-hydrogen) atoms. The predicted octanol–water partition coefficient (Wildman–Crippen LogP) is 9.38. The van der Waals surface area contributed by atoms with Crippen molar-refractivity contribution in [3.8, 4) is 22.6 Å². The van der Waals surface area contributed by atoms with Gasteiger partial charge in [-0.2, -0.15) is 0 Å². The first-order chi connectivity index (χ1) is 37.6. The van der Waals surface area contributed by atoms with Crippen molar-refractivity contribution in [1.29, 1.82) is 0 Å². The van der Waals surface area contributed by atoms with Crippen LogP contribution in [-0.2, 0) is 17.6 Å². The van der Waals surface area contributed by atoms with Gasteiger partial charge in [0.15, 0.2) is 2.82 Å². The maximum Gasteiger partial charge on any atom is 0.320 e. The van der Waals surface area contributed by atoms with Gasteiger partial charge in [-0.05, 0) is 72.5 Å². The second-order valence-electron chi connectivity index (χ2n) is 10.1. The largest absolute Gasteiger partial charge is 0.480 e. The van der Waals surface area contributed by atoms with E-state index in [1.807, 2.05) is 0 Å². The zero-order valence-electron chi connectivity index (χ0n) is 55.0. The Morgan fingerprint density at radius 1 is 1.00 bits per heavy atom. The number of nitrogens with zero attached hydrogens (tertiary/aromatic N) is 3. The van der Waals surface area contributed by atoms with E-state index in [0.717, 1.165) is 6.07 Å². The van der Waals surface area contributed by atoms with Gasteiger partial charge < -0.3 is 27.0 Å². The molecule has 294 valence electrons. The minimum atomic E-state index is -4.32. The molecule has 0 heterocycles. The number of nitro groups is 3. The normalized spacial score (nSPS) is 20.1. The summed E-state index contributed by atoms with van der Waals surface area (Å²) in [5, 5.41) is 42.6. The van der Waals surface area contributed by atoms with Crippen LogP contribution in [0.25, 0.3) is 11.1 Å². The van der Waals surface area contributed by atoms with E-state index >= 15 is 0 Å². The number of carboxylic acids is 1. The minimum absolute atomic E-state index is 0.0530. The number of nitrogen functional groups attached to an aromatic ring is 2. The van der Waals surface area contributed by atoms with Crippen molar-refractivity contribution < 1.29 is 66.5 Å². The smallest absolute Gasteiger partial charge is 0.320 e. The molecule has 0 aliphatic carbocycles. The number of halogens is 1. The van der Waals surface area contributed by atoms with Crippen molar-refractivity contribution in [2.75, 3.05) is 11.5 Å². The van der Waals surface area contributed by atoms with E-state index < -0.39 is 184 Å². The quantitative estimate of drug-likeness (QED) is 0.0333. The van der Waals surface area contributed by atoms with Crippen LogP contribution >= 0.6 is 11.6 Å². The zero-order valence-corrected chi connectivity index (χ0v) is 28.7. The van der Waals surface area contributed by atoms with Gasteiger partial charge in [-0.15, -0.1) is 0 Å². The highest BCUT2D eigenvalue weighted by atomic mass is 35.5. The van der Waals surface area contributed by atoms with Crippen molar-refractivity contribution in [3.05, 3.63) is 155 Å². The van der Waals surface area contributed by atoms with Gasteiger partial charge in [-0.1, -0.05) is 86.5 Å². The number of benzene rings is 5. The van der Waals surface area contributed by atoms with E-state index in [1.165, 1.54) is 30.3 Å². The molecule has 0 aromatic heterocycles. The Kier molecular flexibility index (Phi) is 7.18. The number of carboxylic acid groups (broad SMARTS) is 1. The van der Waals surface area contributed by atoms with Crippen LogP contribution in [0.2, 0.25) is 7.85 Å². The van der Waals surface area contributed by atoms with E-state index in [4.69, 9.17) is 70.0 Å². The highest BCUT2D eigenvalue weighted by Gasteiger charge is 2.20. The summed E-state index contributed by atoms with van der Waals surface area (Å²) in [6, 6.07) is -2.15. The third-order valence-electron chi connectivity index (χ3n) is 6.27. The molecular weight excluding hydrogens is 753 g/mol. The average molecular weight is 823 g/mol. The maximum absolute atomic E-state index is 11.7. The molecule has 0 aliphatic heterocycles. The fourth-order valence-corrected chi connectivity index (χ4v) is 3.97. The van der Waals surface area contributed by atoms with E-state index in [2.05, 4.69) is 0 Å². The van der Waals surface area contributed by atoms with Crippen LogP contribution in [0, 0.1) is 36.2 Å². The summed E-state index contributed by atoms with van der Waals surface area (Å²) in [5.41, 5.74) is 3.68. The Balaban J connectivity index is 0.000000354. The van der Waals surface area contributed by atoms with Crippen LogP contribution in [0.3, 0.4) is 0 Å². The Labute approximate surface area is 366 Å². The predicted molar refractivity (Wildman–Crippen MR) is 217 cm³/mol. The second-order valence-corrected chi connectivity index (χ2v) is 10.5. The molecule has 5 aromatic carbocycles.